The van der Waals surface area contributed by atoms with E-state index < -0.39 is 0 Å². The minimum Gasteiger partial charge on any atom is -0.398 e. The second kappa shape index (κ2) is 3.45. The van der Waals surface area contributed by atoms with Gasteiger partial charge in [-0.25, -0.2) is 0 Å². The summed E-state index contributed by atoms with van der Waals surface area (Å²) in [5.74, 6) is 0. The third-order valence-electron chi connectivity index (χ3n) is 3.26. The SMILES string of the molecule is Cc1cc(Br)c2nc3c(c(N)c2c1)CCC3. The number of fused-ring (bicyclic) bond motifs is 2. The number of aryl methyl sites for hydroxylation is 2. The van der Waals surface area contributed by atoms with Crippen molar-refractivity contribution in [2.45, 2.75) is 26.2 Å². The van der Waals surface area contributed by atoms with Crippen molar-refractivity contribution >= 4 is 32.5 Å². The van der Waals surface area contributed by atoms with Crippen molar-refractivity contribution in [3.05, 3.63) is 33.4 Å². The van der Waals surface area contributed by atoms with Crippen molar-refractivity contribution in [1.29, 1.82) is 0 Å². The molecule has 0 radical (unpaired) electrons. The van der Waals surface area contributed by atoms with Gasteiger partial charge in [0.1, 0.15) is 0 Å². The van der Waals surface area contributed by atoms with E-state index in [0.717, 1.165) is 33.9 Å². The van der Waals surface area contributed by atoms with E-state index in [0.29, 0.717) is 0 Å². The Bertz CT molecular complexity index is 590. The van der Waals surface area contributed by atoms with Crippen LogP contribution in [0.25, 0.3) is 10.9 Å². The maximum Gasteiger partial charge on any atom is 0.0868 e. The van der Waals surface area contributed by atoms with Crippen LogP contribution in [0.15, 0.2) is 16.6 Å². The van der Waals surface area contributed by atoms with E-state index in [1.807, 2.05) is 0 Å². The molecule has 0 spiro atoms. The van der Waals surface area contributed by atoms with Gasteiger partial charge in [-0.15, -0.1) is 0 Å². The van der Waals surface area contributed by atoms with E-state index >= 15 is 0 Å². The zero-order valence-electron chi connectivity index (χ0n) is 9.18. The lowest BCUT2D eigenvalue weighted by atomic mass is 10.1. The average molecular weight is 277 g/mol. The minimum atomic E-state index is 0.932. The maximum atomic E-state index is 6.25. The highest BCUT2D eigenvalue weighted by Gasteiger charge is 2.18. The van der Waals surface area contributed by atoms with Crippen molar-refractivity contribution in [2.24, 2.45) is 0 Å². The van der Waals surface area contributed by atoms with Gasteiger partial charge in [-0.3, -0.25) is 4.98 Å². The highest BCUT2D eigenvalue weighted by Crippen LogP contribution is 2.35. The van der Waals surface area contributed by atoms with Crippen molar-refractivity contribution in [2.75, 3.05) is 5.73 Å². The number of nitrogens with zero attached hydrogens (tertiary/aromatic N) is 1. The fourth-order valence-corrected chi connectivity index (χ4v) is 3.16. The summed E-state index contributed by atoms with van der Waals surface area (Å²) < 4.78 is 1.05. The van der Waals surface area contributed by atoms with Crippen LogP contribution in [-0.4, -0.2) is 4.98 Å². The quantitative estimate of drug-likeness (QED) is 0.801. The molecular formula is C13H13BrN2. The minimum absolute atomic E-state index is 0.932. The Hall–Kier alpha value is -1.09. The fourth-order valence-electron chi connectivity index (χ4n) is 2.49. The van der Waals surface area contributed by atoms with E-state index in [4.69, 9.17) is 10.7 Å². The molecule has 0 aliphatic heterocycles. The molecule has 3 rings (SSSR count). The first-order valence-corrected chi connectivity index (χ1v) is 6.33. The number of nitrogens with two attached hydrogens (primary N) is 1. The smallest absolute Gasteiger partial charge is 0.0868 e. The number of rotatable bonds is 0. The second-order valence-electron chi connectivity index (χ2n) is 4.45. The molecule has 1 aromatic carbocycles. The molecule has 0 bridgehead atoms. The largest absolute Gasteiger partial charge is 0.398 e. The molecule has 82 valence electrons. The zero-order chi connectivity index (χ0) is 11.3. The van der Waals surface area contributed by atoms with Gasteiger partial charge in [0.15, 0.2) is 0 Å². The van der Waals surface area contributed by atoms with Crippen LogP contribution >= 0.6 is 15.9 Å². The van der Waals surface area contributed by atoms with Gasteiger partial charge >= 0.3 is 0 Å². The molecule has 0 unspecified atom stereocenters. The second-order valence-corrected chi connectivity index (χ2v) is 5.30. The lowest BCUT2D eigenvalue weighted by molar-refractivity contribution is 0.901. The van der Waals surface area contributed by atoms with Gasteiger partial charge in [0.25, 0.3) is 0 Å². The molecular weight excluding hydrogens is 264 g/mol. The van der Waals surface area contributed by atoms with E-state index in [2.05, 4.69) is 35.0 Å². The number of hydrogen-bond donors (Lipinski definition) is 1. The number of halogens is 1. The maximum absolute atomic E-state index is 6.25. The average Bonchev–Trinajstić information content (AvgIpc) is 2.68. The fraction of sp³-hybridized carbons (Fsp3) is 0.308. The van der Waals surface area contributed by atoms with Crippen LogP contribution in [-0.2, 0) is 12.8 Å². The van der Waals surface area contributed by atoms with Crippen LogP contribution < -0.4 is 5.73 Å². The molecule has 2 aromatic rings. The Morgan fingerprint density at radius 3 is 2.94 bits per heavy atom. The standard InChI is InChI=1S/C13H13BrN2/c1-7-5-9-12(15)8-3-2-4-11(8)16-13(9)10(14)6-7/h5-6H,2-4H2,1H3,(H2,15,16). The summed E-state index contributed by atoms with van der Waals surface area (Å²) in [4.78, 5) is 4.73. The van der Waals surface area contributed by atoms with Crippen molar-refractivity contribution in [3.8, 4) is 0 Å². The normalized spacial score (nSPS) is 14.4. The molecule has 0 amide bonds. The molecule has 16 heavy (non-hydrogen) atoms. The number of nitrogen functional groups attached to an aromatic ring is 1. The monoisotopic (exact) mass is 276 g/mol. The zero-order valence-corrected chi connectivity index (χ0v) is 10.8. The van der Waals surface area contributed by atoms with Crippen LogP contribution in [0.1, 0.15) is 23.2 Å². The van der Waals surface area contributed by atoms with Gasteiger partial charge in [-0.05, 0) is 65.4 Å². The van der Waals surface area contributed by atoms with Gasteiger partial charge in [0.2, 0.25) is 0 Å². The Labute approximate surface area is 103 Å². The Morgan fingerprint density at radius 2 is 2.12 bits per heavy atom. The molecule has 2 nitrogen and oxygen atoms in total. The van der Waals surface area contributed by atoms with Gasteiger partial charge in [-0.1, -0.05) is 0 Å². The molecule has 1 aromatic heterocycles. The van der Waals surface area contributed by atoms with Crippen LogP contribution in [0.5, 0.6) is 0 Å². The highest BCUT2D eigenvalue weighted by atomic mass is 79.9. The van der Waals surface area contributed by atoms with Crippen LogP contribution in [0.2, 0.25) is 0 Å². The first-order chi connectivity index (χ1) is 7.66. The summed E-state index contributed by atoms with van der Waals surface area (Å²) >= 11 is 3.57. The van der Waals surface area contributed by atoms with Gasteiger partial charge < -0.3 is 5.73 Å². The summed E-state index contributed by atoms with van der Waals surface area (Å²) in [7, 11) is 0. The number of anilines is 1. The molecule has 0 saturated heterocycles. The predicted octanol–water partition coefficient (Wildman–Crippen LogP) is 3.38. The van der Waals surface area contributed by atoms with Crippen molar-refractivity contribution in [1.82, 2.24) is 4.98 Å². The predicted molar refractivity (Wildman–Crippen MR) is 70.6 cm³/mol. The molecule has 1 aliphatic carbocycles. The molecule has 0 saturated carbocycles. The molecule has 0 atom stereocenters. The van der Waals surface area contributed by atoms with Crippen LogP contribution in [0, 0.1) is 6.92 Å². The molecule has 1 heterocycles. The van der Waals surface area contributed by atoms with Crippen molar-refractivity contribution < 1.29 is 0 Å². The van der Waals surface area contributed by atoms with E-state index in [9.17, 15) is 0 Å². The third-order valence-corrected chi connectivity index (χ3v) is 3.86. The lowest BCUT2D eigenvalue weighted by Crippen LogP contribution is -1.99. The summed E-state index contributed by atoms with van der Waals surface area (Å²) in [5.41, 5.74) is 11.9. The first kappa shape index (κ1) is 10.1. The van der Waals surface area contributed by atoms with Crippen LogP contribution in [0.3, 0.4) is 0 Å². The van der Waals surface area contributed by atoms with Crippen LogP contribution in [0.4, 0.5) is 5.69 Å². The molecule has 0 fully saturated rings. The van der Waals surface area contributed by atoms with E-state index in [-0.39, 0.29) is 0 Å². The Balaban J connectivity index is 2.46. The molecule has 2 N–H and O–H groups in total. The Morgan fingerprint density at radius 1 is 1.31 bits per heavy atom. The Kier molecular flexibility index (Phi) is 2.18. The first-order valence-electron chi connectivity index (χ1n) is 5.54. The topological polar surface area (TPSA) is 38.9 Å². The summed E-state index contributed by atoms with van der Waals surface area (Å²) in [5, 5.41) is 1.09. The van der Waals surface area contributed by atoms with E-state index in [1.54, 1.807) is 0 Å². The lowest BCUT2D eigenvalue weighted by Gasteiger charge is -2.10. The van der Waals surface area contributed by atoms with E-state index in [1.165, 1.54) is 23.2 Å². The van der Waals surface area contributed by atoms with Gasteiger partial charge in [0, 0.05) is 21.2 Å². The number of hydrogen-bond acceptors (Lipinski definition) is 2. The summed E-state index contributed by atoms with van der Waals surface area (Å²) in [6.45, 7) is 2.08. The number of aromatic nitrogens is 1. The highest BCUT2D eigenvalue weighted by molar-refractivity contribution is 9.10. The van der Waals surface area contributed by atoms with Gasteiger partial charge in [0.05, 0.1) is 5.52 Å². The molecule has 3 heteroatoms. The summed E-state index contributed by atoms with van der Waals surface area (Å²) in [6, 6.07) is 4.22. The number of pyridine rings is 1. The summed E-state index contributed by atoms with van der Waals surface area (Å²) in [6.07, 6.45) is 3.32. The molecule has 1 aliphatic rings. The third kappa shape index (κ3) is 1.34. The van der Waals surface area contributed by atoms with Gasteiger partial charge in [-0.2, -0.15) is 0 Å². The van der Waals surface area contributed by atoms with Crippen molar-refractivity contribution in [3.63, 3.8) is 0 Å². The number of benzene rings is 1.